The van der Waals surface area contributed by atoms with Gasteiger partial charge in [-0.3, -0.25) is 4.79 Å². The Morgan fingerprint density at radius 2 is 1.79 bits per heavy atom. The number of imidazole rings is 1. The van der Waals surface area contributed by atoms with Crippen molar-refractivity contribution in [2.75, 3.05) is 5.32 Å². The Balaban J connectivity index is 1.63. The number of aryl methyl sites for hydroxylation is 2. The average molecular weight is 381 g/mol. The highest BCUT2D eigenvalue weighted by molar-refractivity contribution is 5.97. The molecule has 1 atom stereocenters. The second-order valence-electron chi connectivity index (χ2n) is 6.39. The molecule has 1 heterocycles. The second kappa shape index (κ2) is 8.04. The molecule has 7 heteroatoms. The van der Waals surface area contributed by atoms with Gasteiger partial charge in [-0.15, -0.1) is 0 Å². The van der Waals surface area contributed by atoms with Crippen LogP contribution in [0.15, 0.2) is 48.5 Å². The van der Waals surface area contributed by atoms with Gasteiger partial charge in [-0.2, -0.15) is 0 Å². The third-order valence-corrected chi connectivity index (χ3v) is 4.31. The fraction of sp³-hybridized carbons (Fsp3) is 0.190. The molecule has 2 N–H and O–H groups in total. The zero-order chi connectivity index (χ0) is 20.3. The molecule has 144 valence electrons. The normalized spacial score (nSPS) is 11.7. The molecule has 0 aliphatic heterocycles. The van der Waals surface area contributed by atoms with Gasteiger partial charge in [0.15, 0.2) is 6.10 Å². The van der Waals surface area contributed by atoms with Crippen LogP contribution in [0.4, 0.5) is 10.1 Å². The molecule has 6 nitrogen and oxygen atoms in total. The van der Waals surface area contributed by atoms with E-state index in [1.165, 1.54) is 25.1 Å². The van der Waals surface area contributed by atoms with Crippen molar-refractivity contribution in [3.8, 4) is 11.4 Å². The molecule has 1 unspecified atom stereocenters. The summed E-state index contributed by atoms with van der Waals surface area (Å²) in [5, 5.41) is 2.40. The van der Waals surface area contributed by atoms with Crippen LogP contribution in [0.3, 0.4) is 0 Å². The second-order valence-corrected chi connectivity index (χ2v) is 6.39. The summed E-state index contributed by atoms with van der Waals surface area (Å²) in [6, 6.07) is 12.5. The lowest BCUT2D eigenvalue weighted by Crippen LogP contribution is -2.30. The van der Waals surface area contributed by atoms with Crippen molar-refractivity contribution in [1.82, 2.24) is 9.97 Å². The minimum Gasteiger partial charge on any atom is -0.449 e. The lowest BCUT2D eigenvalue weighted by molar-refractivity contribution is -0.123. The van der Waals surface area contributed by atoms with E-state index in [9.17, 15) is 14.0 Å². The molecule has 0 saturated heterocycles. The fourth-order valence-electron chi connectivity index (χ4n) is 2.53. The number of carbonyl (C=O) groups is 2. The Hall–Kier alpha value is -3.48. The average Bonchev–Trinajstić information content (AvgIpc) is 3.02. The Morgan fingerprint density at radius 1 is 1.11 bits per heavy atom. The van der Waals surface area contributed by atoms with Crippen LogP contribution in [-0.4, -0.2) is 27.9 Å². The Morgan fingerprint density at radius 3 is 2.39 bits per heavy atom. The van der Waals surface area contributed by atoms with E-state index in [-0.39, 0.29) is 5.69 Å². The first-order valence-corrected chi connectivity index (χ1v) is 8.75. The quantitative estimate of drug-likeness (QED) is 0.654. The summed E-state index contributed by atoms with van der Waals surface area (Å²) in [5.74, 6) is -1.10. The predicted octanol–water partition coefficient (Wildman–Crippen LogP) is 4.02. The maximum Gasteiger partial charge on any atom is 0.338 e. The van der Waals surface area contributed by atoms with Crippen molar-refractivity contribution in [2.24, 2.45) is 0 Å². The lowest BCUT2D eigenvalue weighted by atomic mass is 10.1. The highest BCUT2D eigenvalue weighted by atomic mass is 19.1. The van der Waals surface area contributed by atoms with Gasteiger partial charge < -0.3 is 15.0 Å². The highest BCUT2D eigenvalue weighted by Crippen LogP contribution is 2.19. The van der Waals surface area contributed by atoms with Gasteiger partial charge in [-0.25, -0.2) is 14.2 Å². The van der Waals surface area contributed by atoms with Crippen LogP contribution in [-0.2, 0) is 9.53 Å². The van der Waals surface area contributed by atoms with Crippen LogP contribution in [0, 0.1) is 19.7 Å². The molecule has 28 heavy (non-hydrogen) atoms. The Bertz CT molecular complexity index is 992. The summed E-state index contributed by atoms with van der Waals surface area (Å²) in [4.78, 5) is 32.0. The van der Waals surface area contributed by atoms with Gasteiger partial charge in [0.05, 0.1) is 16.9 Å². The smallest absolute Gasteiger partial charge is 0.338 e. The number of anilines is 1. The number of aromatic amines is 1. The lowest BCUT2D eigenvalue weighted by Gasteiger charge is -2.14. The number of amides is 1. The van der Waals surface area contributed by atoms with Crippen molar-refractivity contribution >= 4 is 17.6 Å². The predicted molar refractivity (Wildman–Crippen MR) is 103 cm³/mol. The minimum absolute atomic E-state index is 0.0313. The van der Waals surface area contributed by atoms with Crippen LogP contribution >= 0.6 is 0 Å². The summed E-state index contributed by atoms with van der Waals surface area (Å²) < 4.78 is 18.8. The summed E-state index contributed by atoms with van der Waals surface area (Å²) in [7, 11) is 0. The maximum atomic E-state index is 13.6. The summed E-state index contributed by atoms with van der Waals surface area (Å²) in [6.07, 6.45) is -1.08. The molecule has 3 aromatic rings. The SMILES string of the molecule is Cc1nc(-c2ccc(C(=O)OC(C)C(=O)Nc3ccccc3F)cc2)[nH]c1C. The first-order chi connectivity index (χ1) is 13.3. The molecule has 0 bridgehead atoms. The van der Waals surface area contributed by atoms with E-state index in [0.717, 1.165) is 17.0 Å². The van der Waals surface area contributed by atoms with E-state index in [0.29, 0.717) is 11.4 Å². The van der Waals surface area contributed by atoms with Gasteiger partial charge in [0.1, 0.15) is 11.6 Å². The molecule has 0 radical (unpaired) electrons. The summed E-state index contributed by atoms with van der Waals surface area (Å²) >= 11 is 0. The summed E-state index contributed by atoms with van der Waals surface area (Å²) in [6.45, 7) is 5.27. The van der Waals surface area contributed by atoms with E-state index in [1.54, 1.807) is 30.3 Å². The fourth-order valence-corrected chi connectivity index (χ4v) is 2.53. The molecule has 1 amide bonds. The van der Waals surface area contributed by atoms with Crippen LogP contribution in [0.1, 0.15) is 28.7 Å². The van der Waals surface area contributed by atoms with Crippen LogP contribution < -0.4 is 5.32 Å². The molecule has 2 aromatic carbocycles. The number of rotatable bonds is 5. The number of para-hydroxylation sites is 1. The maximum absolute atomic E-state index is 13.6. The molecule has 0 aliphatic rings. The number of hydrogen-bond acceptors (Lipinski definition) is 4. The number of carbonyl (C=O) groups excluding carboxylic acids is 2. The Kier molecular flexibility index (Phi) is 5.54. The molecule has 0 fully saturated rings. The largest absolute Gasteiger partial charge is 0.449 e. The molecule has 0 saturated carbocycles. The van der Waals surface area contributed by atoms with Gasteiger partial charge in [0.25, 0.3) is 5.91 Å². The minimum atomic E-state index is -1.08. The number of esters is 1. The standard InChI is InChI=1S/C21H20FN3O3/c1-12-13(2)24-19(23-12)15-8-10-16(11-9-15)21(27)28-14(3)20(26)25-18-7-5-4-6-17(18)22/h4-11,14H,1-3H3,(H,23,24)(H,25,26). The van der Waals surface area contributed by atoms with Crippen molar-refractivity contribution in [2.45, 2.75) is 26.9 Å². The number of nitrogens with one attached hydrogen (secondary N) is 2. The summed E-state index contributed by atoms with van der Waals surface area (Å²) in [5.41, 5.74) is 3.05. The topological polar surface area (TPSA) is 84.1 Å². The third kappa shape index (κ3) is 4.25. The van der Waals surface area contributed by atoms with E-state index in [4.69, 9.17) is 4.74 Å². The van der Waals surface area contributed by atoms with E-state index in [1.807, 2.05) is 13.8 Å². The number of benzene rings is 2. The van der Waals surface area contributed by atoms with Crippen LogP contribution in [0.5, 0.6) is 0 Å². The number of ether oxygens (including phenoxy) is 1. The van der Waals surface area contributed by atoms with Gasteiger partial charge in [0.2, 0.25) is 0 Å². The first kappa shape index (κ1) is 19.3. The molecule has 0 aliphatic carbocycles. The van der Waals surface area contributed by atoms with Gasteiger partial charge in [0, 0.05) is 11.3 Å². The Labute approximate surface area is 161 Å². The first-order valence-electron chi connectivity index (χ1n) is 8.75. The van der Waals surface area contributed by atoms with E-state index >= 15 is 0 Å². The number of nitrogens with zero attached hydrogens (tertiary/aromatic N) is 1. The molecule has 0 spiro atoms. The van der Waals surface area contributed by atoms with Crippen LogP contribution in [0.25, 0.3) is 11.4 Å². The highest BCUT2D eigenvalue weighted by Gasteiger charge is 2.20. The number of hydrogen-bond donors (Lipinski definition) is 2. The van der Waals surface area contributed by atoms with E-state index in [2.05, 4.69) is 15.3 Å². The zero-order valence-electron chi connectivity index (χ0n) is 15.7. The van der Waals surface area contributed by atoms with Crippen molar-refractivity contribution in [1.29, 1.82) is 0 Å². The number of halogens is 1. The monoisotopic (exact) mass is 381 g/mol. The van der Waals surface area contributed by atoms with Crippen LogP contribution in [0.2, 0.25) is 0 Å². The molecule has 1 aromatic heterocycles. The van der Waals surface area contributed by atoms with Gasteiger partial charge in [-0.1, -0.05) is 24.3 Å². The third-order valence-electron chi connectivity index (χ3n) is 4.31. The number of H-pyrrole nitrogens is 1. The van der Waals surface area contributed by atoms with Gasteiger partial charge in [-0.05, 0) is 45.0 Å². The van der Waals surface area contributed by atoms with E-state index < -0.39 is 23.8 Å². The van der Waals surface area contributed by atoms with Crippen molar-refractivity contribution in [3.63, 3.8) is 0 Å². The molecular weight excluding hydrogens is 361 g/mol. The van der Waals surface area contributed by atoms with Gasteiger partial charge >= 0.3 is 5.97 Å². The molecule has 3 rings (SSSR count). The van der Waals surface area contributed by atoms with Crippen molar-refractivity contribution in [3.05, 3.63) is 71.3 Å². The zero-order valence-corrected chi connectivity index (χ0v) is 15.7. The number of aromatic nitrogens is 2. The van der Waals surface area contributed by atoms with Crippen molar-refractivity contribution < 1.29 is 18.7 Å². The molecular formula is C21H20FN3O3.